The average Bonchev–Trinajstić information content (AvgIpc) is 3.06. The molecule has 180 valence electrons. The van der Waals surface area contributed by atoms with E-state index in [0.717, 1.165) is 44.4 Å². The second kappa shape index (κ2) is 10.1. The Morgan fingerprint density at radius 3 is 2.50 bits per heavy atom. The number of carbonyl (C=O) groups excluding carboxylic acids is 2. The molecular weight excluding hydrogens is 475 g/mol. The predicted molar refractivity (Wildman–Crippen MR) is 131 cm³/mol. The molecule has 34 heavy (non-hydrogen) atoms. The fourth-order valence-corrected chi connectivity index (χ4v) is 5.76. The van der Waals surface area contributed by atoms with Gasteiger partial charge < -0.3 is 14.8 Å². The molecule has 1 N–H and O–H groups in total. The highest BCUT2D eigenvalue weighted by Crippen LogP contribution is 2.36. The molecule has 0 saturated carbocycles. The van der Waals surface area contributed by atoms with Crippen molar-refractivity contribution in [1.29, 1.82) is 0 Å². The normalized spacial score (nSPS) is 26.0. The zero-order valence-electron chi connectivity index (χ0n) is 18.8. The van der Waals surface area contributed by atoms with E-state index in [1.807, 2.05) is 24.3 Å². The third kappa shape index (κ3) is 5.19. The monoisotopic (exact) mass is 502 g/mol. The van der Waals surface area contributed by atoms with Crippen LogP contribution in [-0.4, -0.2) is 54.0 Å². The minimum absolute atomic E-state index is 0.0402. The quantitative estimate of drug-likeness (QED) is 0.544. The summed E-state index contributed by atoms with van der Waals surface area (Å²) in [6.45, 7) is 1.65. The molecule has 2 saturated heterocycles. The highest BCUT2D eigenvalue weighted by atomic mass is 35.5. The van der Waals surface area contributed by atoms with Crippen LogP contribution in [0.2, 0.25) is 10.0 Å². The van der Waals surface area contributed by atoms with Crippen LogP contribution in [-0.2, 0) is 4.79 Å². The summed E-state index contributed by atoms with van der Waals surface area (Å²) in [4.78, 5) is 28.0. The van der Waals surface area contributed by atoms with E-state index in [-0.39, 0.29) is 24.2 Å². The maximum Gasteiger partial charge on any atom is 0.261 e. The summed E-state index contributed by atoms with van der Waals surface area (Å²) in [6, 6.07) is 13.4. The van der Waals surface area contributed by atoms with Crippen LogP contribution >= 0.6 is 23.2 Å². The number of nitrogens with zero attached hydrogens (tertiary/aromatic N) is 1. The number of carbonyl (C=O) groups is 2. The second-order valence-electron chi connectivity index (χ2n) is 9.33. The molecule has 5 rings (SSSR count). The van der Waals surface area contributed by atoms with Crippen molar-refractivity contribution in [2.75, 3.05) is 13.2 Å². The van der Waals surface area contributed by atoms with Gasteiger partial charge in [0.1, 0.15) is 11.5 Å². The van der Waals surface area contributed by atoms with Gasteiger partial charge in [-0.05, 0) is 74.6 Å². The lowest BCUT2D eigenvalue weighted by atomic mass is 9.95. The third-order valence-electron chi connectivity index (χ3n) is 7.05. The summed E-state index contributed by atoms with van der Waals surface area (Å²) in [5.74, 6) is 0.946. The number of fused-ring (bicyclic) bond motifs is 3. The van der Waals surface area contributed by atoms with Gasteiger partial charge in [0.15, 0.2) is 11.9 Å². The Morgan fingerprint density at radius 1 is 1.06 bits per heavy atom. The highest BCUT2D eigenvalue weighted by molar-refractivity contribution is 6.31. The van der Waals surface area contributed by atoms with Crippen molar-refractivity contribution in [1.82, 2.24) is 10.2 Å². The number of ether oxygens (including phenoxy) is 2. The Morgan fingerprint density at radius 2 is 1.76 bits per heavy atom. The molecule has 4 atom stereocenters. The van der Waals surface area contributed by atoms with Crippen LogP contribution in [0.3, 0.4) is 0 Å². The van der Waals surface area contributed by atoms with Gasteiger partial charge in [-0.15, -0.1) is 0 Å². The molecule has 6 nitrogen and oxygen atoms in total. The fraction of sp³-hybridized carbons (Fsp3) is 0.462. The number of hydrogen-bond donors (Lipinski definition) is 1. The SMILES string of the molecule is O=C1CC(C(=O)NC2C[C@H]3CC[C@@H](C2)N3CCCOc2ccc(Cl)cc2)Oc2ccc(Cl)cc21. The summed E-state index contributed by atoms with van der Waals surface area (Å²) in [5.41, 5.74) is 0.447. The van der Waals surface area contributed by atoms with Gasteiger partial charge in [-0.3, -0.25) is 14.5 Å². The van der Waals surface area contributed by atoms with E-state index >= 15 is 0 Å². The number of amides is 1. The van der Waals surface area contributed by atoms with Gasteiger partial charge in [-0.1, -0.05) is 23.2 Å². The molecule has 2 aromatic carbocycles. The minimum Gasteiger partial charge on any atom is -0.494 e. The summed E-state index contributed by atoms with van der Waals surface area (Å²) in [7, 11) is 0. The number of halogens is 2. The zero-order valence-corrected chi connectivity index (χ0v) is 20.4. The Labute approximate surface area is 209 Å². The molecule has 0 aromatic heterocycles. The van der Waals surface area contributed by atoms with Crippen molar-refractivity contribution in [2.45, 2.75) is 62.8 Å². The molecule has 0 aliphatic carbocycles. The number of hydrogen-bond acceptors (Lipinski definition) is 5. The first-order valence-corrected chi connectivity index (χ1v) is 12.7. The average molecular weight is 503 g/mol. The van der Waals surface area contributed by atoms with Gasteiger partial charge >= 0.3 is 0 Å². The Bertz CT molecular complexity index is 1050. The lowest BCUT2D eigenvalue weighted by Crippen LogP contribution is -2.53. The summed E-state index contributed by atoms with van der Waals surface area (Å²) in [6.07, 6.45) is 4.36. The van der Waals surface area contributed by atoms with Crippen LogP contribution in [0.25, 0.3) is 0 Å². The van der Waals surface area contributed by atoms with E-state index in [9.17, 15) is 9.59 Å². The van der Waals surface area contributed by atoms with Crippen molar-refractivity contribution in [3.8, 4) is 11.5 Å². The Kier molecular flexibility index (Phi) is 7.00. The Balaban J connectivity index is 1.10. The van der Waals surface area contributed by atoms with Crippen LogP contribution in [0.15, 0.2) is 42.5 Å². The summed E-state index contributed by atoms with van der Waals surface area (Å²) >= 11 is 11.9. The van der Waals surface area contributed by atoms with E-state index < -0.39 is 6.10 Å². The van der Waals surface area contributed by atoms with E-state index in [2.05, 4.69) is 10.2 Å². The van der Waals surface area contributed by atoms with Gasteiger partial charge in [-0.25, -0.2) is 0 Å². The fourth-order valence-electron chi connectivity index (χ4n) is 5.46. The molecule has 2 bridgehead atoms. The van der Waals surface area contributed by atoms with Gasteiger partial charge in [0.05, 0.1) is 18.6 Å². The van der Waals surface area contributed by atoms with E-state index in [0.29, 0.717) is 40.0 Å². The molecule has 0 radical (unpaired) electrons. The van der Waals surface area contributed by atoms with Crippen LogP contribution in [0.5, 0.6) is 11.5 Å². The molecule has 1 amide bonds. The molecule has 2 unspecified atom stereocenters. The molecule has 8 heteroatoms. The first-order valence-electron chi connectivity index (χ1n) is 11.9. The van der Waals surface area contributed by atoms with Crippen LogP contribution in [0.4, 0.5) is 0 Å². The Hall–Kier alpha value is -2.28. The van der Waals surface area contributed by atoms with E-state index in [1.54, 1.807) is 18.2 Å². The van der Waals surface area contributed by atoms with Crippen molar-refractivity contribution in [2.24, 2.45) is 0 Å². The first-order chi connectivity index (χ1) is 16.5. The smallest absolute Gasteiger partial charge is 0.261 e. The van der Waals surface area contributed by atoms with Crippen molar-refractivity contribution in [3.63, 3.8) is 0 Å². The van der Waals surface area contributed by atoms with Crippen molar-refractivity contribution in [3.05, 3.63) is 58.1 Å². The van der Waals surface area contributed by atoms with Crippen molar-refractivity contribution >= 4 is 34.9 Å². The van der Waals surface area contributed by atoms with E-state index in [4.69, 9.17) is 32.7 Å². The number of ketones is 1. The topological polar surface area (TPSA) is 67.9 Å². The first kappa shape index (κ1) is 23.5. The lowest BCUT2D eigenvalue weighted by molar-refractivity contribution is -0.129. The number of piperidine rings is 1. The number of Topliss-reactive ketones (excluding diaryl/α,β-unsaturated/α-hetero) is 1. The summed E-state index contributed by atoms with van der Waals surface area (Å²) < 4.78 is 11.7. The zero-order chi connectivity index (χ0) is 23.7. The molecule has 2 aromatic rings. The third-order valence-corrected chi connectivity index (χ3v) is 7.54. The van der Waals surface area contributed by atoms with Gasteiger partial charge in [0.2, 0.25) is 0 Å². The highest BCUT2D eigenvalue weighted by Gasteiger charge is 2.41. The summed E-state index contributed by atoms with van der Waals surface area (Å²) in [5, 5.41) is 4.35. The maximum atomic E-state index is 12.9. The molecule has 3 aliphatic rings. The maximum absolute atomic E-state index is 12.9. The number of rotatable bonds is 7. The van der Waals surface area contributed by atoms with Crippen LogP contribution < -0.4 is 14.8 Å². The number of nitrogens with one attached hydrogen (secondary N) is 1. The molecule has 0 spiro atoms. The predicted octanol–water partition coefficient (Wildman–Crippen LogP) is 4.91. The molecule has 3 aliphatic heterocycles. The standard InChI is InChI=1S/C26H28Cl2N2O4/c27-16-2-7-21(8-3-16)33-11-1-10-30-19-5-6-20(30)14-18(13-19)29-26(32)25-15-23(31)22-12-17(28)4-9-24(22)34-25/h2-4,7-9,12,18-20,25H,1,5-6,10-11,13-15H2,(H,29,32)/t18?,19-,20+,25?. The van der Waals surface area contributed by atoms with Crippen LogP contribution in [0.1, 0.15) is 48.9 Å². The molecule has 3 heterocycles. The number of benzene rings is 2. The largest absolute Gasteiger partial charge is 0.494 e. The van der Waals surface area contributed by atoms with Gasteiger partial charge in [-0.2, -0.15) is 0 Å². The van der Waals surface area contributed by atoms with Crippen molar-refractivity contribution < 1.29 is 19.1 Å². The van der Waals surface area contributed by atoms with Crippen LogP contribution in [0, 0.1) is 0 Å². The molecular formula is C26H28Cl2N2O4. The lowest BCUT2D eigenvalue weighted by Gasteiger charge is -2.39. The van der Waals surface area contributed by atoms with Gasteiger partial charge in [0, 0.05) is 34.7 Å². The van der Waals surface area contributed by atoms with E-state index in [1.165, 1.54) is 0 Å². The minimum atomic E-state index is -0.790. The second-order valence-corrected chi connectivity index (χ2v) is 10.2. The van der Waals surface area contributed by atoms with Gasteiger partial charge in [0.25, 0.3) is 5.91 Å². The molecule has 2 fully saturated rings.